The highest BCUT2D eigenvalue weighted by atomic mass is 32.2. The number of benzene rings is 3. The fourth-order valence-electron chi connectivity index (χ4n) is 3.99. The Kier molecular flexibility index (Phi) is 7.96. The molecule has 0 radical (unpaired) electrons. The van der Waals surface area contributed by atoms with E-state index in [4.69, 9.17) is 14.2 Å². The van der Waals surface area contributed by atoms with Gasteiger partial charge < -0.3 is 24.1 Å². The molecular formula is C27H27N3O7S. The number of amides is 1. The predicted molar refractivity (Wildman–Crippen MR) is 141 cm³/mol. The van der Waals surface area contributed by atoms with E-state index in [0.29, 0.717) is 28.1 Å². The fourth-order valence-corrected chi connectivity index (χ4v) is 5.46. The molecule has 10 nitrogen and oxygen atoms in total. The number of methoxy groups -OCH3 is 2. The Morgan fingerprint density at radius 2 is 1.61 bits per heavy atom. The molecule has 4 rings (SSSR count). The lowest BCUT2D eigenvalue weighted by Crippen LogP contribution is -2.23. The smallest absolute Gasteiger partial charge is 0.340 e. The highest BCUT2D eigenvalue weighted by molar-refractivity contribution is 7.90. The Morgan fingerprint density at radius 3 is 2.29 bits per heavy atom. The first-order chi connectivity index (χ1) is 18.2. The highest BCUT2D eigenvalue weighted by Crippen LogP contribution is 2.27. The number of carbonyl (C=O) groups is 2. The molecule has 1 aromatic heterocycles. The molecule has 0 saturated heterocycles. The zero-order valence-corrected chi connectivity index (χ0v) is 21.9. The number of nitrogens with zero attached hydrogens (tertiary/aromatic N) is 2. The zero-order valence-electron chi connectivity index (χ0n) is 21.1. The fraction of sp³-hybridized carbons (Fsp3) is 0.222. The summed E-state index contributed by atoms with van der Waals surface area (Å²) >= 11 is 0. The summed E-state index contributed by atoms with van der Waals surface area (Å²) in [5.74, 6) is -0.611. The van der Waals surface area contributed by atoms with Crippen LogP contribution in [0.4, 0.5) is 5.69 Å². The number of hydrogen-bond acceptors (Lipinski definition) is 8. The van der Waals surface area contributed by atoms with Crippen LogP contribution in [0.5, 0.6) is 11.5 Å². The van der Waals surface area contributed by atoms with Crippen LogP contribution in [-0.4, -0.2) is 50.7 Å². The summed E-state index contributed by atoms with van der Waals surface area (Å²) in [5, 5.41) is 2.44. The number of rotatable bonds is 10. The van der Waals surface area contributed by atoms with Gasteiger partial charge in [-0.2, -0.15) is 0 Å². The van der Waals surface area contributed by atoms with Gasteiger partial charge >= 0.3 is 5.97 Å². The van der Waals surface area contributed by atoms with Crippen LogP contribution in [0.3, 0.4) is 0 Å². The van der Waals surface area contributed by atoms with Crippen LogP contribution < -0.4 is 14.8 Å². The molecular weight excluding hydrogens is 510 g/mol. The topological polar surface area (TPSA) is 126 Å². The third-order valence-electron chi connectivity index (χ3n) is 5.66. The van der Waals surface area contributed by atoms with E-state index < -0.39 is 27.5 Å². The summed E-state index contributed by atoms with van der Waals surface area (Å²) in [6.07, 6.45) is 0. The molecule has 0 fully saturated rings. The number of esters is 1. The molecule has 0 spiro atoms. The van der Waals surface area contributed by atoms with E-state index in [1.165, 1.54) is 18.8 Å². The first-order valence-corrected chi connectivity index (χ1v) is 13.4. The van der Waals surface area contributed by atoms with E-state index in [2.05, 4.69) is 10.3 Å². The molecule has 0 aliphatic heterocycles. The normalized spacial score (nSPS) is 11.2. The van der Waals surface area contributed by atoms with Crippen LogP contribution in [0, 0.1) is 0 Å². The van der Waals surface area contributed by atoms with Gasteiger partial charge in [-0.25, -0.2) is 18.2 Å². The highest BCUT2D eigenvalue weighted by Gasteiger charge is 2.26. The van der Waals surface area contributed by atoms with Gasteiger partial charge in [0.15, 0.2) is 0 Å². The van der Waals surface area contributed by atoms with Crippen LogP contribution >= 0.6 is 0 Å². The molecule has 1 amide bonds. The number of fused-ring (bicyclic) bond motifs is 1. The van der Waals surface area contributed by atoms with Gasteiger partial charge in [0.1, 0.15) is 18.0 Å². The molecule has 1 N–H and O–H groups in total. The van der Waals surface area contributed by atoms with Gasteiger partial charge in [-0.15, -0.1) is 0 Å². The van der Waals surface area contributed by atoms with Crippen molar-refractivity contribution in [1.82, 2.24) is 9.55 Å². The van der Waals surface area contributed by atoms with Gasteiger partial charge in [0, 0.05) is 6.07 Å². The van der Waals surface area contributed by atoms with Crippen LogP contribution in [0.2, 0.25) is 0 Å². The van der Waals surface area contributed by atoms with E-state index >= 15 is 0 Å². The van der Waals surface area contributed by atoms with Gasteiger partial charge in [0.25, 0.3) is 0 Å². The SMILES string of the molecule is CCOC(=O)c1ccccc1NC(=O)Cn1c(S(=O)(=O)Cc2cc(OC)cc(OC)c2)nc2ccccc21. The molecule has 0 unspecified atom stereocenters. The number of hydrogen-bond donors (Lipinski definition) is 1. The number of aromatic nitrogens is 2. The lowest BCUT2D eigenvalue weighted by atomic mass is 10.2. The minimum absolute atomic E-state index is 0.183. The van der Waals surface area contributed by atoms with Crippen molar-refractivity contribution in [3.8, 4) is 11.5 Å². The number of para-hydroxylation sites is 3. The number of ether oxygens (including phenoxy) is 3. The van der Waals surface area contributed by atoms with Crippen molar-refractivity contribution in [2.75, 3.05) is 26.1 Å². The lowest BCUT2D eigenvalue weighted by molar-refractivity contribution is -0.116. The van der Waals surface area contributed by atoms with Crippen molar-refractivity contribution in [2.45, 2.75) is 24.4 Å². The maximum atomic E-state index is 13.6. The second-order valence-corrected chi connectivity index (χ2v) is 10.1. The van der Waals surface area contributed by atoms with Crippen molar-refractivity contribution >= 4 is 38.4 Å². The second kappa shape index (κ2) is 11.3. The summed E-state index contributed by atoms with van der Waals surface area (Å²) < 4.78 is 44.1. The van der Waals surface area contributed by atoms with E-state index in [-0.39, 0.29) is 29.6 Å². The molecule has 4 aromatic rings. The maximum Gasteiger partial charge on any atom is 0.340 e. The van der Waals surface area contributed by atoms with Crippen LogP contribution in [0.25, 0.3) is 11.0 Å². The van der Waals surface area contributed by atoms with Gasteiger partial charge in [0.2, 0.25) is 20.9 Å². The zero-order chi connectivity index (χ0) is 27.3. The quantitative estimate of drug-likeness (QED) is 0.303. The van der Waals surface area contributed by atoms with Crippen LogP contribution in [0.1, 0.15) is 22.8 Å². The van der Waals surface area contributed by atoms with E-state index in [1.807, 2.05) is 0 Å². The van der Waals surface area contributed by atoms with Gasteiger partial charge in [-0.05, 0) is 48.9 Å². The Hall–Kier alpha value is -4.38. The minimum atomic E-state index is -4.02. The summed E-state index contributed by atoms with van der Waals surface area (Å²) in [7, 11) is -1.06. The molecule has 0 aliphatic carbocycles. The van der Waals surface area contributed by atoms with E-state index in [1.54, 1.807) is 73.7 Å². The van der Waals surface area contributed by atoms with Gasteiger partial charge in [-0.1, -0.05) is 24.3 Å². The predicted octanol–water partition coefficient (Wildman–Crippen LogP) is 3.84. The molecule has 0 saturated carbocycles. The monoisotopic (exact) mass is 537 g/mol. The van der Waals surface area contributed by atoms with Crippen molar-refractivity contribution in [1.29, 1.82) is 0 Å². The summed E-state index contributed by atoms with van der Waals surface area (Å²) in [4.78, 5) is 29.8. The average molecular weight is 538 g/mol. The molecule has 11 heteroatoms. The average Bonchev–Trinajstić information content (AvgIpc) is 3.27. The summed E-state index contributed by atoms with van der Waals surface area (Å²) in [5.41, 5.74) is 1.79. The van der Waals surface area contributed by atoms with Gasteiger partial charge in [-0.3, -0.25) is 4.79 Å². The molecule has 0 aliphatic rings. The molecule has 198 valence electrons. The Morgan fingerprint density at radius 1 is 0.947 bits per heavy atom. The number of sulfone groups is 1. The Labute approximate surface area is 220 Å². The minimum Gasteiger partial charge on any atom is -0.497 e. The first-order valence-electron chi connectivity index (χ1n) is 11.7. The molecule has 3 aromatic carbocycles. The van der Waals surface area contributed by atoms with E-state index in [0.717, 1.165) is 0 Å². The van der Waals surface area contributed by atoms with Crippen molar-refractivity contribution < 1.29 is 32.2 Å². The lowest BCUT2D eigenvalue weighted by Gasteiger charge is -2.13. The standard InChI is InChI=1S/C27H27N3O7S/c1-4-37-26(32)21-9-5-6-10-22(21)28-25(31)16-30-24-12-8-7-11-23(24)29-27(30)38(33,34)17-18-13-19(35-2)15-20(14-18)36-3/h5-15H,4,16-17H2,1-3H3,(H,28,31). The van der Waals surface area contributed by atoms with Crippen LogP contribution in [0.15, 0.2) is 71.9 Å². The van der Waals surface area contributed by atoms with Crippen LogP contribution in [-0.2, 0) is 31.7 Å². The summed E-state index contributed by atoms with van der Waals surface area (Å²) in [6.45, 7) is 1.52. The molecule has 38 heavy (non-hydrogen) atoms. The number of nitrogens with one attached hydrogen (secondary N) is 1. The number of anilines is 1. The van der Waals surface area contributed by atoms with Crippen molar-refractivity contribution in [3.05, 3.63) is 77.9 Å². The van der Waals surface area contributed by atoms with Gasteiger partial charge in [0.05, 0.1) is 48.9 Å². The van der Waals surface area contributed by atoms with Crippen molar-refractivity contribution in [2.24, 2.45) is 0 Å². The van der Waals surface area contributed by atoms with Crippen molar-refractivity contribution in [3.63, 3.8) is 0 Å². The Balaban J connectivity index is 1.68. The van der Waals surface area contributed by atoms with E-state index in [9.17, 15) is 18.0 Å². The number of imidazole rings is 1. The Bertz CT molecular complexity index is 1570. The summed E-state index contributed by atoms with van der Waals surface area (Å²) in [6, 6.07) is 18.1. The third kappa shape index (κ3) is 5.78. The molecule has 1 heterocycles. The largest absolute Gasteiger partial charge is 0.497 e. The second-order valence-electron chi connectivity index (χ2n) is 8.26. The first kappa shape index (κ1) is 26.7. The molecule has 0 atom stereocenters. The number of carbonyl (C=O) groups excluding carboxylic acids is 2. The third-order valence-corrected chi connectivity index (χ3v) is 7.25. The maximum absolute atomic E-state index is 13.6. The molecule has 0 bridgehead atoms.